The average molecular weight is 218 g/mol. The van der Waals surface area contributed by atoms with Gasteiger partial charge in [0, 0.05) is 0 Å². The highest BCUT2D eigenvalue weighted by Gasteiger charge is 2.20. The predicted octanol–water partition coefficient (Wildman–Crippen LogP) is 3.38. The second-order valence-corrected chi connectivity index (χ2v) is 4.93. The Labute approximate surface area is 94.4 Å². The summed E-state index contributed by atoms with van der Waals surface area (Å²) in [6.45, 7) is 2.55. The Morgan fingerprint density at radius 2 is 1.36 bits per heavy atom. The van der Waals surface area contributed by atoms with E-state index in [1.165, 1.54) is 58.0 Å². The van der Waals surface area contributed by atoms with Crippen molar-refractivity contribution in [1.29, 1.82) is 0 Å². The van der Waals surface area contributed by atoms with Gasteiger partial charge < -0.3 is 5.32 Å². The molecular weight excluding hydrogens is 194 g/mol. The van der Waals surface area contributed by atoms with E-state index in [1.54, 1.807) is 6.42 Å². The van der Waals surface area contributed by atoms with Crippen molar-refractivity contribution in [2.45, 2.75) is 51.4 Å². The molecule has 0 bridgehead atoms. The van der Waals surface area contributed by atoms with E-state index in [4.69, 9.17) is 0 Å². The molecule has 0 amide bonds. The Hall–Kier alpha value is 0.250. The molecule has 84 valence electrons. The van der Waals surface area contributed by atoms with Crippen LogP contribution in [0.2, 0.25) is 0 Å². The number of rotatable bonds is 2. The first-order valence-corrected chi connectivity index (χ1v) is 6.16. The Kier molecular flexibility index (Phi) is 5.88. The van der Waals surface area contributed by atoms with Crippen LogP contribution in [0.5, 0.6) is 0 Å². The van der Waals surface area contributed by atoms with Crippen molar-refractivity contribution in [3.8, 4) is 0 Å². The number of nitrogens with one attached hydrogen (secondary N) is 1. The molecule has 0 aromatic heterocycles. The highest BCUT2D eigenvalue weighted by atomic mass is 35.5. The molecule has 2 aliphatic rings. The van der Waals surface area contributed by atoms with E-state index in [1.807, 2.05) is 0 Å². The molecule has 1 saturated carbocycles. The summed E-state index contributed by atoms with van der Waals surface area (Å²) in [7, 11) is 0. The van der Waals surface area contributed by atoms with Crippen LogP contribution in [0.25, 0.3) is 0 Å². The van der Waals surface area contributed by atoms with E-state index in [0.29, 0.717) is 0 Å². The van der Waals surface area contributed by atoms with E-state index < -0.39 is 0 Å². The van der Waals surface area contributed by atoms with Crippen LogP contribution in [0, 0.1) is 11.8 Å². The fourth-order valence-electron chi connectivity index (χ4n) is 3.01. The van der Waals surface area contributed by atoms with Gasteiger partial charge in [-0.25, -0.2) is 0 Å². The van der Waals surface area contributed by atoms with Gasteiger partial charge in [-0.05, 0) is 44.2 Å². The van der Waals surface area contributed by atoms with Gasteiger partial charge in [0.05, 0.1) is 0 Å². The molecule has 14 heavy (non-hydrogen) atoms. The van der Waals surface area contributed by atoms with Gasteiger partial charge in [-0.2, -0.15) is 0 Å². The Balaban J connectivity index is 0.000000980. The summed E-state index contributed by atoms with van der Waals surface area (Å²) in [5.41, 5.74) is 0. The topological polar surface area (TPSA) is 12.0 Å². The quantitative estimate of drug-likeness (QED) is 0.748. The van der Waals surface area contributed by atoms with E-state index in [0.717, 1.165) is 11.8 Å². The summed E-state index contributed by atoms with van der Waals surface area (Å²) in [4.78, 5) is 0. The third-order valence-electron chi connectivity index (χ3n) is 3.85. The van der Waals surface area contributed by atoms with Gasteiger partial charge in [-0.15, -0.1) is 12.4 Å². The van der Waals surface area contributed by atoms with Crippen molar-refractivity contribution in [3.05, 3.63) is 0 Å². The van der Waals surface area contributed by atoms with Crippen molar-refractivity contribution in [3.63, 3.8) is 0 Å². The van der Waals surface area contributed by atoms with Gasteiger partial charge in [0.2, 0.25) is 0 Å². The van der Waals surface area contributed by atoms with Crippen molar-refractivity contribution >= 4 is 12.4 Å². The van der Waals surface area contributed by atoms with Gasteiger partial charge in [-0.3, -0.25) is 0 Å². The van der Waals surface area contributed by atoms with E-state index in [2.05, 4.69) is 5.32 Å². The fourth-order valence-corrected chi connectivity index (χ4v) is 3.01. The van der Waals surface area contributed by atoms with Crippen LogP contribution < -0.4 is 5.32 Å². The van der Waals surface area contributed by atoms with Crippen LogP contribution >= 0.6 is 12.4 Å². The molecule has 1 nitrogen and oxygen atoms in total. The minimum atomic E-state index is 0. The molecule has 1 aliphatic heterocycles. The largest absolute Gasteiger partial charge is 0.317 e. The third-order valence-corrected chi connectivity index (χ3v) is 3.85. The molecule has 0 atom stereocenters. The van der Waals surface area contributed by atoms with Crippen LogP contribution in [0.15, 0.2) is 0 Å². The van der Waals surface area contributed by atoms with Crippen molar-refractivity contribution in [1.82, 2.24) is 5.32 Å². The van der Waals surface area contributed by atoms with E-state index >= 15 is 0 Å². The molecule has 0 aromatic rings. The molecule has 0 unspecified atom stereocenters. The number of halogens is 1. The molecule has 2 rings (SSSR count). The Morgan fingerprint density at radius 1 is 0.786 bits per heavy atom. The normalized spacial score (nSPS) is 25.7. The lowest BCUT2D eigenvalue weighted by atomic mass is 9.80. The second kappa shape index (κ2) is 6.68. The van der Waals surface area contributed by atoms with Gasteiger partial charge >= 0.3 is 0 Å². The molecule has 0 spiro atoms. The van der Waals surface area contributed by atoms with E-state index in [9.17, 15) is 0 Å². The van der Waals surface area contributed by atoms with Gasteiger partial charge in [0.15, 0.2) is 0 Å². The summed E-state index contributed by atoms with van der Waals surface area (Å²) in [5, 5.41) is 3.45. The SMILES string of the molecule is C1CCC(CC2CCNCC2)CC1.Cl. The zero-order chi connectivity index (χ0) is 8.93. The summed E-state index contributed by atoms with van der Waals surface area (Å²) in [5.74, 6) is 2.15. The molecule has 0 radical (unpaired) electrons. The second-order valence-electron chi connectivity index (χ2n) is 4.93. The lowest BCUT2D eigenvalue weighted by Gasteiger charge is -2.29. The third kappa shape index (κ3) is 3.78. The maximum absolute atomic E-state index is 3.45. The lowest BCUT2D eigenvalue weighted by molar-refractivity contribution is 0.251. The zero-order valence-corrected chi connectivity index (χ0v) is 9.95. The molecule has 0 aromatic carbocycles. The minimum absolute atomic E-state index is 0. The van der Waals surface area contributed by atoms with Crippen LogP contribution in [0.3, 0.4) is 0 Å². The number of hydrogen-bond acceptors (Lipinski definition) is 1. The molecular formula is C12H24ClN. The monoisotopic (exact) mass is 217 g/mol. The predicted molar refractivity (Wildman–Crippen MR) is 64.0 cm³/mol. The number of piperidine rings is 1. The first kappa shape index (κ1) is 12.3. The molecule has 2 heteroatoms. The average Bonchev–Trinajstić information content (AvgIpc) is 2.21. The van der Waals surface area contributed by atoms with Crippen molar-refractivity contribution in [2.24, 2.45) is 11.8 Å². The maximum Gasteiger partial charge on any atom is -0.00463 e. The smallest absolute Gasteiger partial charge is 0.00463 e. The molecule has 1 saturated heterocycles. The minimum Gasteiger partial charge on any atom is -0.317 e. The van der Waals surface area contributed by atoms with Gasteiger partial charge in [0.1, 0.15) is 0 Å². The van der Waals surface area contributed by atoms with Gasteiger partial charge in [-0.1, -0.05) is 32.1 Å². The summed E-state index contributed by atoms with van der Waals surface area (Å²) >= 11 is 0. The number of hydrogen-bond donors (Lipinski definition) is 1. The van der Waals surface area contributed by atoms with Crippen LogP contribution in [0.4, 0.5) is 0 Å². The van der Waals surface area contributed by atoms with Crippen LogP contribution in [0.1, 0.15) is 51.4 Å². The van der Waals surface area contributed by atoms with Gasteiger partial charge in [0.25, 0.3) is 0 Å². The first-order valence-electron chi connectivity index (χ1n) is 6.16. The van der Waals surface area contributed by atoms with E-state index in [-0.39, 0.29) is 12.4 Å². The molecule has 1 N–H and O–H groups in total. The van der Waals surface area contributed by atoms with Crippen molar-refractivity contribution < 1.29 is 0 Å². The van der Waals surface area contributed by atoms with Crippen LogP contribution in [-0.4, -0.2) is 13.1 Å². The lowest BCUT2D eigenvalue weighted by Crippen LogP contribution is -2.29. The fraction of sp³-hybridized carbons (Fsp3) is 1.00. The Morgan fingerprint density at radius 3 is 2.00 bits per heavy atom. The van der Waals surface area contributed by atoms with Crippen LogP contribution in [-0.2, 0) is 0 Å². The molecule has 1 aliphatic carbocycles. The standard InChI is InChI=1S/C12H23N.ClH/c1-2-4-11(5-3-1)10-12-6-8-13-9-7-12;/h11-13H,1-10H2;1H. The summed E-state index contributed by atoms with van der Waals surface area (Å²) in [6, 6.07) is 0. The highest BCUT2D eigenvalue weighted by Crippen LogP contribution is 2.31. The summed E-state index contributed by atoms with van der Waals surface area (Å²) < 4.78 is 0. The first-order chi connectivity index (χ1) is 6.45. The highest BCUT2D eigenvalue weighted by molar-refractivity contribution is 5.85. The maximum atomic E-state index is 3.45. The Bertz CT molecular complexity index is 121. The molecule has 2 fully saturated rings. The molecule has 1 heterocycles. The van der Waals surface area contributed by atoms with Crippen molar-refractivity contribution in [2.75, 3.05) is 13.1 Å². The summed E-state index contributed by atoms with van der Waals surface area (Å²) in [6.07, 6.45) is 12.0. The zero-order valence-electron chi connectivity index (χ0n) is 9.13.